The van der Waals surface area contributed by atoms with Gasteiger partial charge in [-0.15, -0.1) is 0 Å². The van der Waals surface area contributed by atoms with E-state index in [9.17, 15) is 18.0 Å². The molecule has 0 saturated carbocycles. The molecule has 0 aromatic heterocycles. The summed E-state index contributed by atoms with van der Waals surface area (Å²) in [6.45, 7) is 0. The van der Waals surface area contributed by atoms with Crippen molar-refractivity contribution in [3.63, 3.8) is 0 Å². The predicted molar refractivity (Wildman–Crippen MR) is 43.9 cm³/mol. The van der Waals surface area contributed by atoms with Crippen molar-refractivity contribution in [2.24, 2.45) is 5.73 Å². The Bertz CT molecular complexity index is 317. The Labute approximate surface area is 78.3 Å². The smallest absolute Gasteiger partial charge is 0.401 e. The first-order chi connectivity index (χ1) is 6.34. The van der Waals surface area contributed by atoms with E-state index in [-0.39, 0.29) is 18.5 Å². The third-order valence-corrected chi connectivity index (χ3v) is 1.98. The quantitative estimate of drug-likeness (QED) is 0.639. The Morgan fingerprint density at radius 2 is 1.93 bits per heavy atom. The Balaban J connectivity index is 3.07. The number of nitrogens with two attached hydrogens (primary N) is 1. The van der Waals surface area contributed by atoms with Gasteiger partial charge in [-0.1, -0.05) is 0 Å². The zero-order chi connectivity index (χ0) is 10.9. The van der Waals surface area contributed by atoms with Gasteiger partial charge in [-0.25, -0.2) is 0 Å². The molecule has 0 atom stereocenters. The summed E-state index contributed by atoms with van der Waals surface area (Å²) in [5.74, 6) is -0.684. The highest BCUT2D eigenvalue weighted by Crippen LogP contribution is 2.27. The molecule has 3 N–H and O–H groups in total. The van der Waals surface area contributed by atoms with Crippen LogP contribution in [0.1, 0.15) is 19.3 Å². The van der Waals surface area contributed by atoms with E-state index in [0.717, 1.165) is 0 Å². The Morgan fingerprint density at radius 3 is 2.36 bits per heavy atom. The molecule has 1 aliphatic rings. The molecule has 0 aliphatic heterocycles. The lowest BCUT2D eigenvalue weighted by Gasteiger charge is -2.18. The summed E-state index contributed by atoms with van der Waals surface area (Å²) in [6, 6.07) is 0. The van der Waals surface area contributed by atoms with Crippen LogP contribution in [0, 0.1) is 5.41 Å². The van der Waals surface area contributed by atoms with Crippen molar-refractivity contribution in [3.05, 3.63) is 11.3 Å². The van der Waals surface area contributed by atoms with Crippen LogP contribution in [-0.2, 0) is 4.79 Å². The molecule has 6 heteroatoms. The number of halogens is 3. The zero-order valence-electron chi connectivity index (χ0n) is 7.24. The summed E-state index contributed by atoms with van der Waals surface area (Å²) >= 11 is 0. The molecule has 0 fully saturated rings. The van der Waals surface area contributed by atoms with Crippen molar-refractivity contribution in [1.29, 1.82) is 5.41 Å². The molecule has 0 aromatic rings. The number of carbonyl (C=O) groups excluding carboxylic acids is 1. The molecule has 0 heterocycles. The zero-order valence-corrected chi connectivity index (χ0v) is 7.24. The maximum Gasteiger partial charge on any atom is 0.433 e. The minimum Gasteiger partial charge on any atom is -0.401 e. The summed E-state index contributed by atoms with van der Waals surface area (Å²) in [7, 11) is 0. The lowest BCUT2D eigenvalue weighted by atomic mass is 9.92. The summed E-state index contributed by atoms with van der Waals surface area (Å²) < 4.78 is 36.3. The predicted octanol–water partition coefficient (Wildman–Crippen LogP) is 1.53. The standard InChI is InChI=1S/C8H9F3N2O/c9-8(10,11)7(13)6-4(12)2-1-3-5(6)14/h13H,1-3,12H2. The van der Waals surface area contributed by atoms with Crippen LogP contribution in [0.2, 0.25) is 0 Å². The molecule has 0 spiro atoms. The van der Waals surface area contributed by atoms with Gasteiger partial charge in [0.1, 0.15) is 5.71 Å². The minimum atomic E-state index is -4.80. The number of hydrogen-bond acceptors (Lipinski definition) is 3. The second-order valence-electron chi connectivity index (χ2n) is 3.05. The number of hydrogen-bond donors (Lipinski definition) is 2. The molecule has 0 radical (unpaired) electrons. The topological polar surface area (TPSA) is 66.9 Å². The highest BCUT2D eigenvalue weighted by molar-refractivity contribution is 6.24. The van der Waals surface area contributed by atoms with E-state index in [2.05, 4.69) is 0 Å². The van der Waals surface area contributed by atoms with Crippen LogP contribution in [-0.4, -0.2) is 17.7 Å². The van der Waals surface area contributed by atoms with Crippen molar-refractivity contribution in [3.8, 4) is 0 Å². The van der Waals surface area contributed by atoms with Crippen LogP contribution in [0.3, 0.4) is 0 Å². The average molecular weight is 206 g/mol. The molecule has 14 heavy (non-hydrogen) atoms. The second kappa shape index (κ2) is 3.43. The molecule has 3 nitrogen and oxygen atoms in total. The molecule has 1 aliphatic carbocycles. The van der Waals surface area contributed by atoms with E-state index in [1.54, 1.807) is 0 Å². The van der Waals surface area contributed by atoms with Crippen LogP contribution in [0.25, 0.3) is 0 Å². The van der Waals surface area contributed by atoms with E-state index in [0.29, 0.717) is 6.42 Å². The maximum atomic E-state index is 12.1. The van der Waals surface area contributed by atoms with Gasteiger partial charge in [-0.3, -0.25) is 10.2 Å². The summed E-state index contributed by atoms with van der Waals surface area (Å²) in [5, 5.41) is 6.81. The van der Waals surface area contributed by atoms with Crippen LogP contribution in [0.5, 0.6) is 0 Å². The maximum absolute atomic E-state index is 12.1. The molecule has 0 saturated heterocycles. The van der Waals surface area contributed by atoms with E-state index in [1.165, 1.54) is 0 Å². The highest BCUT2D eigenvalue weighted by Gasteiger charge is 2.40. The Kier molecular flexibility index (Phi) is 2.64. The van der Waals surface area contributed by atoms with Gasteiger partial charge in [0.25, 0.3) is 0 Å². The van der Waals surface area contributed by atoms with Gasteiger partial charge in [-0.05, 0) is 12.8 Å². The SMILES string of the molecule is N=C(C1=C(N)CCCC1=O)C(F)(F)F. The molecule has 1 rings (SSSR count). The van der Waals surface area contributed by atoms with E-state index >= 15 is 0 Å². The molecule has 0 amide bonds. The molecule has 0 aromatic carbocycles. The Morgan fingerprint density at radius 1 is 1.36 bits per heavy atom. The number of allylic oxidation sites excluding steroid dienone is 2. The van der Waals surface area contributed by atoms with Crippen molar-refractivity contribution in [1.82, 2.24) is 0 Å². The first-order valence-electron chi connectivity index (χ1n) is 4.02. The van der Waals surface area contributed by atoms with Gasteiger partial charge >= 0.3 is 6.18 Å². The summed E-state index contributed by atoms with van der Waals surface area (Å²) in [6.07, 6.45) is -4.06. The number of rotatable bonds is 1. The van der Waals surface area contributed by atoms with Gasteiger partial charge in [0, 0.05) is 12.1 Å². The minimum absolute atomic E-state index is 0.0362. The number of ketones is 1. The van der Waals surface area contributed by atoms with Gasteiger partial charge in [-0.2, -0.15) is 13.2 Å². The average Bonchev–Trinajstić information content (AvgIpc) is 2.01. The van der Waals surface area contributed by atoms with Gasteiger partial charge in [0.15, 0.2) is 5.78 Å². The lowest BCUT2D eigenvalue weighted by molar-refractivity contribution is -0.116. The number of nitrogens with one attached hydrogen (secondary N) is 1. The van der Waals surface area contributed by atoms with Gasteiger partial charge < -0.3 is 5.73 Å². The first-order valence-corrected chi connectivity index (χ1v) is 4.02. The number of carbonyl (C=O) groups is 1. The second-order valence-corrected chi connectivity index (χ2v) is 3.05. The van der Waals surface area contributed by atoms with Gasteiger partial charge in [0.2, 0.25) is 0 Å². The fraction of sp³-hybridized carbons (Fsp3) is 0.500. The molecule has 78 valence electrons. The largest absolute Gasteiger partial charge is 0.433 e. The van der Waals surface area contributed by atoms with Crippen LogP contribution in [0.15, 0.2) is 11.3 Å². The Hall–Kier alpha value is -1.33. The third-order valence-electron chi connectivity index (χ3n) is 1.98. The first kappa shape index (κ1) is 10.7. The molecular weight excluding hydrogens is 197 g/mol. The van der Waals surface area contributed by atoms with Gasteiger partial charge in [0.05, 0.1) is 5.57 Å². The lowest BCUT2D eigenvalue weighted by Crippen LogP contribution is -2.32. The van der Waals surface area contributed by atoms with E-state index < -0.39 is 23.2 Å². The van der Waals surface area contributed by atoms with Crippen molar-refractivity contribution in [2.75, 3.05) is 0 Å². The third kappa shape index (κ3) is 1.94. The van der Waals surface area contributed by atoms with E-state index in [4.69, 9.17) is 11.1 Å². The summed E-state index contributed by atoms with van der Waals surface area (Å²) in [4.78, 5) is 11.1. The van der Waals surface area contributed by atoms with Crippen LogP contribution < -0.4 is 5.73 Å². The van der Waals surface area contributed by atoms with E-state index in [1.807, 2.05) is 0 Å². The number of Topliss-reactive ketones (excluding diaryl/α,β-unsaturated/α-hetero) is 1. The molecular formula is C8H9F3N2O. The van der Waals surface area contributed by atoms with Crippen LogP contribution in [0.4, 0.5) is 13.2 Å². The molecule has 0 unspecified atom stereocenters. The normalized spacial score (nSPS) is 18.6. The fourth-order valence-corrected chi connectivity index (χ4v) is 1.31. The highest BCUT2D eigenvalue weighted by atomic mass is 19.4. The monoisotopic (exact) mass is 206 g/mol. The fourth-order valence-electron chi connectivity index (χ4n) is 1.31. The summed E-state index contributed by atoms with van der Waals surface area (Å²) in [5.41, 5.74) is 2.89. The molecule has 0 bridgehead atoms. The number of alkyl halides is 3. The van der Waals surface area contributed by atoms with Crippen LogP contribution >= 0.6 is 0 Å². The van der Waals surface area contributed by atoms with Crippen molar-refractivity contribution in [2.45, 2.75) is 25.4 Å². The van der Waals surface area contributed by atoms with Crippen molar-refractivity contribution >= 4 is 11.5 Å². The van der Waals surface area contributed by atoms with Crippen molar-refractivity contribution < 1.29 is 18.0 Å².